The molecule has 16 heavy (non-hydrogen) atoms. The van der Waals surface area contributed by atoms with E-state index in [-0.39, 0.29) is 0 Å². The van der Waals surface area contributed by atoms with E-state index in [1.54, 1.807) is 6.07 Å². The van der Waals surface area contributed by atoms with Crippen LogP contribution in [0, 0.1) is 0 Å². The first-order valence-electron chi connectivity index (χ1n) is 5.15. The summed E-state index contributed by atoms with van der Waals surface area (Å²) in [5, 5.41) is 4.12. The third-order valence-corrected chi connectivity index (χ3v) is 2.28. The molecule has 0 aliphatic heterocycles. The highest BCUT2D eigenvalue weighted by Gasteiger charge is 2.04. The Labute approximate surface area is 99.0 Å². The summed E-state index contributed by atoms with van der Waals surface area (Å²) >= 11 is 5.66. The smallest absolute Gasteiger partial charge is 0.226 e. The third kappa shape index (κ3) is 2.55. The molecule has 0 saturated carbocycles. The van der Waals surface area contributed by atoms with Gasteiger partial charge in [-0.25, -0.2) is 0 Å². The molecule has 0 aliphatic rings. The Hall–Kier alpha value is -1.48. The van der Waals surface area contributed by atoms with E-state index in [2.05, 4.69) is 12.1 Å². The zero-order valence-corrected chi connectivity index (χ0v) is 9.70. The second kappa shape index (κ2) is 5.03. The summed E-state index contributed by atoms with van der Waals surface area (Å²) < 4.78 is 10.3. The van der Waals surface area contributed by atoms with Gasteiger partial charge in [0.15, 0.2) is 0 Å². The van der Waals surface area contributed by atoms with Crippen LogP contribution in [0.1, 0.15) is 13.3 Å². The zero-order chi connectivity index (χ0) is 11.4. The first-order chi connectivity index (χ1) is 7.79. The highest BCUT2D eigenvalue weighted by molar-refractivity contribution is 6.29. The van der Waals surface area contributed by atoms with Gasteiger partial charge >= 0.3 is 0 Å². The van der Waals surface area contributed by atoms with Crippen LogP contribution in [0.5, 0.6) is 5.75 Å². The second-order valence-corrected chi connectivity index (χ2v) is 3.76. The average molecular weight is 238 g/mol. The number of rotatable bonds is 4. The van der Waals surface area contributed by atoms with Gasteiger partial charge in [0.2, 0.25) is 5.22 Å². The van der Waals surface area contributed by atoms with Crippen molar-refractivity contribution in [3.05, 3.63) is 35.6 Å². The molecular formula is C12H12ClNO2. The Balaban J connectivity index is 2.13. The number of benzene rings is 1. The van der Waals surface area contributed by atoms with Crippen LogP contribution in [0.25, 0.3) is 11.3 Å². The predicted molar refractivity (Wildman–Crippen MR) is 62.7 cm³/mol. The van der Waals surface area contributed by atoms with Gasteiger partial charge in [-0.1, -0.05) is 12.1 Å². The van der Waals surface area contributed by atoms with Crippen molar-refractivity contribution in [1.82, 2.24) is 5.16 Å². The van der Waals surface area contributed by atoms with Crippen LogP contribution in [0.3, 0.4) is 0 Å². The van der Waals surface area contributed by atoms with Gasteiger partial charge in [-0.05, 0) is 42.3 Å². The van der Waals surface area contributed by atoms with Crippen LogP contribution >= 0.6 is 11.6 Å². The minimum Gasteiger partial charge on any atom is -0.494 e. The Morgan fingerprint density at radius 1 is 1.31 bits per heavy atom. The lowest BCUT2D eigenvalue weighted by atomic mass is 10.1. The first kappa shape index (κ1) is 11.0. The number of ether oxygens (including phenoxy) is 1. The normalized spacial score (nSPS) is 10.4. The number of nitrogens with zero attached hydrogens (tertiary/aromatic N) is 1. The summed E-state index contributed by atoms with van der Waals surface area (Å²) in [5.74, 6) is 0.861. The molecule has 0 spiro atoms. The molecular weight excluding hydrogens is 226 g/mol. The standard InChI is InChI=1S/C12H12ClNO2/c1-2-7-15-10-5-3-9(4-6-10)11-8-12(13)16-14-11/h3-6,8H,2,7H2,1H3. The highest BCUT2D eigenvalue weighted by Crippen LogP contribution is 2.23. The minimum atomic E-state index is 0.293. The maximum Gasteiger partial charge on any atom is 0.226 e. The highest BCUT2D eigenvalue weighted by atomic mass is 35.5. The van der Waals surface area contributed by atoms with E-state index in [1.165, 1.54) is 0 Å². The molecule has 1 heterocycles. The molecule has 0 saturated heterocycles. The van der Waals surface area contributed by atoms with Crippen LogP contribution in [-0.4, -0.2) is 11.8 Å². The number of halogens is 1. The van der Waals surface area contributed by atoms with Gasteiger partial charge in [0.05, 0.1) is 6.61 Å². The molecule has 84 valence electrons. The Morgan fingerprint density at radius 3 is 2.62 bits per heavy atom. The van der Waals surface area contributed by atoms with Gasteiger partial charge in [0.1, 0.15) is 11.4 Å². The van der Waals surface area contributed by atoms with Gasteiger partial charge in [0, 0.05) is 11.6 Å². The summed E-state index contributed by atoms with van der Waals surface area (Å²) in [7, 11) is 0. The lowest BCUT2D eigenvalue weighted by Gasteiger charge is -2.04. The van der Waals surface area contributed by atoms with Gasteiger partial charge in [0.25, 0.3) is 0 Å². The lowest BCUT2D eigenvalue weighted by Crippen LogP contribution is -1.94. The Bertz CT molecular complexity index is 450. The van der Waals surface area contributed by atoms with Gasteiger partial charge < -0.3 is 9.26 Å². The Kier molecular flexibility index (Phi) is 3.47. The second-order valence-electron chi connectivity index (χ2n) is 3.39. The van der Waals surface area contributed by atoms with E-state index in [1.807, 2.05) is 24.3 Å². The van der Waals surface area contributed by atoms with E-state index in [9.17, 15) is 0 Å². The predicted octanol–water partition coefficient (Wildman–Crippen LogP) is 3.78. The van der Waals surface area contributed by atoms with Crippen LogP contribution in [-0.2, 0) is 0 Å². The zero-order valence-electron chi connectivity index (χ0n) is 8.94. The number of hydrogen-bond acceptors (Lipinski definition) is 3. The van der Waals surface area contributed by atoms with E-state index in [0.717, 1.165) is 30.0 Å². The summed E-state index contributed by atoms with van der Waals surface area (Å²) in [4.78, 5) is 0. The van der Waals surface area contributed by atoms with E-state index in [0.29, 0.717) is 5.22 Å². The average Bonchev–Trinajstić information content (AvgIpc) is 2.74. The van der Waals surface area contributed by atoms with Crippen LogP contribution < -0.4 is 4.74 Å². The summed E-state index contributed by atoms with van der Waals surface area (Å²) in [6.07, 6.45) is 1.00. The Morgan fingerprint density at radius 2 is 2.06 bits per heavy atom. The third-order valence-electron chi connectivity index (χ3n) is 2.10. The number of aromatic nitrogens is 1. The van der Waals surface area contributed by atoms with Crippen molar-refractivity contribution >= 4 is 11.6 Å². The molecule has 2 aromatic rings. The quantitative estimate of drug-likeness (QED) is 0.812. The molecule has 4 heteroatoms. The topological polar surface area (TPSA) is 35.3 Å². The lowest BCUT2D eigenvalue weighted by molar-refractivity contribution is 0.317. The van der Waals surface area contributed by atoms with Crippen LogP contribution in [0.2, 0.25) is 5.22 Å². The van der Waals surface area contributed by atoms with Gasteiger partial charge in [-0.3, -0.25) is 0 Å². The largest absolute Gasteiger partial charge is 0.494 e. The molecule has 1 aromatic carbocycles. The molecule has 0 amide bonds. The minimum absolute atomic E-state index is 0.293. The first-order valence-corrected chi connectivity index (χ1v) is 5.53. The monoisotopic (exact) mass is 237 g/mol. The van der Waals surface area contributed by atoms with Crippen molar-refractivity contribution in [2.75, 3.05) is 6.61 Å². The molecule has 2 rings (SSSR count). The molecule has 0 N–H and O–H groups in total. The van der Waals surface area contributed by atoms with E-state index in [4.69, 9.17) is 20.9 Å². The van der Waals surface area contributed by atoms with Crippen LogP contribution in [0.15, 0.2) is 34.9 Å². The maximum atomic E-state index is 5.66. The molecule has 0 atom stereocenters. The van der Waals surface area contributed by atoms with Crippen molar-refractivity contribution in [1.29, 1.82) is 0 Å². The maximum absolute atomic E-state index is 5.66. The fourth-order valence-electron chi connectivity index (χ4n) is 1.33. The van der Waals surface area contributed by atoms with Crippen molar-refractivity contribution in [3.63, 3.8) is 0 Å². The SMILES string of the molecule is CCCOc1ccc(-c2cc(Cl)on2)cc1. The van der Waals surface area contributed by atoms with Gasteiger partial charge in [-0.15, -0.1) is 0 Å². The fourth-order valence-corrected chi connectivity index (χ4v) is 1.47. The molecule has 0 bridgehead atoms. The molecule has 0 radical (unpaired) electrons. The molecule has 1 aromatic heterocycles. The van der Waals surface area contributed by atoms with Crippen LogP contribution in [0.4, 0.5) is 0 Å². The molecule has 0 aliphatic carbocycles. The molecule has 0 fully saturated rings. The van der Waals surface area contributed by atoms with E-state index < -0.39 is 0 Å². The van der Waals surface area contributed by atoms with Gasteiger partial charge in [-0.2, -0.15) is 0 Å². The number of hydrogen-bond donors (Lipinski definition) is 0. The van der Waals surface area contributed by atoms with Crippen molar-refractivity contribution in [2.24, 2.45) is 0 Å². The fraction of sp³-hybridized carbons (Fsp3) is 0.250. The molecule has 0 unspecified atom stereocenters. The van der Waals surface area contributed by atoms with E-state index >= 15 is 0 Å². The summed E-state index contributed by atoms with van der Waals surface area (Å²) in [5.41, 5.74) is 1.69. The summed E-state index contributed by atoms with van der Waals surface area (Å²) in [6, 6.07) is 9.36. The van der Waals surface area contributed by atoms with Crippen molar-refractivity contribution < 1.29 is 9.26 Å². The molecule has 3 nitrogen and oxygen atoms in total. The van der Waals surface area contributed by atoms with Crippen molar-refractivity contribution in [2.45, 2.75) is 13.3 Å². The summed E-state index contributed by atoms with van der Waals surface area (Å²) in [6.45, 7) is 2.81. The van der Waals surface area contributed by atoms with Crippen molar-refractivity contribution in [3.8, 4) is 17.0 Å².